The lowest BCUT2D eigenvalue weighted by Crippen LogP contribution is -2.42. The molecule has 0 bridgehead atoms. The number of rotatable bonds is 9. The first-order chi connectivity index (χ1) is 13.7. The summed E-state index contributed by atoms with van der Waals surface area (Å²) in [5, 5.41) is 7.25. The molecule has 1 fully saturated rings. The van der Waals surface area contributed by atoms with Crippen LogP contribution >= 0.6 is 0 Å². The van der Waals surface area contributed by atoms with E-state index in [4.69, 9.17) is 4.52 Å². The predicted octanol–water partition coefficient (Wildman–Crippen LogP) is 3.95. The monoisotopic (exact) mass is 384 g/mol. The molecule has 1 N–H and O–H groups in total. The minimum absolute atomic E-state index is 0.0543. The van der Waals surface area contributed by atoms with Gasteiger partial charge in [-0.15, -0.1) is 0 Å². The molecule has 2 aromatic rings. The Hall–Kier alpha value is -2.21. The van der Waals surface area contributed by atoms with Crippen molar-refractivity contribution >= 4 is 5.91 Å². The summed E-state index contributed by atoms with van der Waals surface area (Å²) in [6.07, 6.45) is 6.68. The average molecular weight is 385 g/mol. The Labute approximate surface area is 167 Å². The summed E-state index contributed by atoms with van der Waals surface area (Å²) in [5.74, 6) is 1.48. The Bertz CT molecular complexity index is 758. The smallest absolute Gasteiger partial charge is 0.241 e. The van der Waals surface area contributed by atoms with E-state index in [9.17, 15) is 4.79 Å². The molecule has 1 amide bonds. The van der Waals surface area contributed by atoms with E-state index in [-0.39, 0.29) is 11.8 Å². The maximum atomic E-state index is 12.5. The first-order valence-electron chi connectivity index (χ1n) is 10.6. The highest BCUT2D eigenvalue weighted by atomic mass is 16.5. The van der Waals surface area contributed by atoms with Gasteiger partial charge in [0.2, 0.25) is 17.6 Å². The summed E-state index contributed by atoms with van der Waals surface area (Å²) in [5.41, 5.74) is 2.12. The highest BCUT2D eigenvalue weighted by molar-refractivity contribution is 5.78. The van der Waals surface area contributed by atoms with Gasteiger partial charge in [0.25, 0.3) is 0 Å². The normalized spacial score (nSPS) is 17.6. The number of nitrogens with zero attached hydrogens (tertiary/aromatic N) is 3. The Balaban J connectivity index is 1.50. The molecule has 1 saturated heterocycles. The minimum atomic E-state index is 0.0543. The topological polar surface area (TPSA) is 71.3 Å². The molecule has 152 valence electrons. The Morgan fingerprint density at radius 1 is 1.29 bits per heavy atom. The van der Waals surface area contributed by atoms with Crippen LogP contribution in [0.15, 0.2) is 28.8 Å². The summed E-state index contributed by atoms with van der Waals surface area (Å²) in [7, 11) is 0. The van der Waals surface area contributed by atoms with Gasteiger partial charge >= 0.3 is 0 Å². The number of hydrogen-bond acceptors (Lipinski definition) is 5. The van der Waals surface area contributed by atoms with E-state index in [0.717, 1.165) is 50.0 Å². The third-order valence-corrected chi connectivity index (χ3v) is 5.42. The van der Waals surface area contributed by atoms with Crippen LogP contribution in [0.1, 0.15) is 56.9 Å². The van der Waals surface area contributed by atoms with Crippen molar-refractivity contribution in [3.05, 3.63) is 35.7 Å². The van der Waals surface area contributed by atoms with Crippen LogP contribution in [-0.4, -0.2) is 40.6 Å². The van der Waals surface area contributed by atoms with Gasteiger partial charge in [0.15, 0.2) is 0 Å². The quantitative estimate of drug-likeness (QED) is 0.663. The highest BCUT2D eigenvalue weighted by Gasteiger charge is 2.26. The summed E-state index contributed by atoms with van der Waals surface area (Å²) in [6, 6.07) is 8.03. The van der Waals surface area contributed by atoms with Crippen molar-refractivity contribution in [2.45, 2.75) is 58.9 Å². The molecule has 0 saturated carbocycles. The number of aromatic nitrogens is 2. The van der Waals surface area contributed by atoms with Gasteiger partial charge in [0, 0.05) is 18.7 Å². The number of unbranched alkanes of at least 4 members (excludes halogenated alkanes) is 3. The number of aryl methyl sites for hydroxylation is 1. The number of nitrogens with one attached hydrogen (secondary N) is 1. The Morgan fingerprint density at radius 2 is 2.14 bits per heavy atom. The third-order valence-electron chi connectivity index (χ3n) is 5.42. The Kier molecular flexibility index (Phi) is 7.60. The zero-order valence-corrected chi connectivity index (χ0v) is 17.1. The van der Waals surface area contributed by atoms with Gasteiger partial charge in [0.1, 0.15) is 0 Å². The van der Waals surface area contributed by atoms with Crippen molar-refractivity contribution in [3.8, 4) is 11.4 Å². The molecule has 1 aliphatic heterocycles. The van der Waals surface area contributed by atoms with Crippen molar-refractivity contribution in [3.63, 3.8) is 0 Å². The second kappa shape index (κ2) is 10.4. The molecule has 1 unspecified atom stereocenters. The SMILES string of the molecule is CCCCCCNC(=O)C1CCCN(Cc2nc(-c3ccccc3C)no2)C1. The van der Waals surface area contributed by atoms with Gasteiger partial charge in [0.05, 0.1) is 12.5 Å². The lowest BCUT2D eigenvalue weighted by Gasteiger charge is -2.30. The van der Waals surface area contributed by atoms with Crippen molar-refractivity contribution in [2.75, 3.05) is 19.6 Å². The molecule has 1 aromatic carbocycles. The molecule has 1 aliphatic rings. The summed E-state index contributed by atoms with van der Waals surface area (Å²) < 4.78 is 5.47. The van der Waals surface area contributed by atoms with E-state index in [1.807, 2.05) is 31.2 Å². The van der Waals surface area contributed by atoms with E-state index in [2.05, 4.69) is 27.3 Å². The number of amides is 1. The number of benzene rings is 1. The van der Waals surface area contributed by atoms with E-state index in [1.165, 1.54) is 19.3 Å². The van der Waals surface area contributed by atoms with E-state index in [1.54, 1.807) is 0 Å². The molecule has 0 radical (unpaired) electrons. The second-order valence-corrected chi connectivity index (χ2v) is 7.75. The molecular weight excluding hydrogens is 352 g/mol. The number of hydrogen-bond donors (Lipinski definition) is 1. The van der Waals surface area contributed by atoms with Gasteiger partial charge < -0.3 is 9.84 Å². The summed E-state index contributed by atoms with van der Waals surface area (Å²) in [6.45, 7) is 7.34. The van der Waals surface area contributed by atoms with Crippen LogP contribution in [0.3, 0.4) is 0 Å². The first kappa shape index (κ1) is 20.5. The van der Waals surface area contributed by atoms with Gasteiger partial charge in [-0.25, -0.2) is 0 Å². The maximum absolute atomic E-state index is 12.5. The van der Waals surface area contributed by atoms with Crippen LogP contribution in [0, 0.1) is 12.8 Å². The standard InChI is InChI=1S/C22H32N4O2/c1-3-4-5-8-13-23-22(27)18-11-9-14-26(15-18)16-20-24-21(25-28-20)19-12-7-6-10-17(19)2/h6-7,10,12,18H,3-5,8-9,11,13-16H2,1-2H3,(H,23,27). The van der Waals surface area contributed by atoms with Crippen molar-refractivity contribution in [1.82, 2.24) is 20.4 Å². The molecule has 1 atom stereocenters. The third kappa shape index (κ3) is 5.64. The molecule has 3 rings (SSSR count). The van der Waals surface area contributed by atoms with Crippen LogP contribution in [0.5, 0.6) is 0 Å². The lowest BCUT2D eigenvalue weighted by atomic mass is 9.97. The predicted molar refractivity (Wildman–Crippen MR) is 110 cm³/mol. The molecule has 0 aliphatic carbocycles. The van der Waals surface area contributed by atoms with Crippen LogP contribution in [0.2, 0.25) is 0 Å². The zero-order valence-electron chi connectivity index (χ0n) is 17.1. The van der Waals surface area contributed by atoms with Crippen LogP contribution in [0.25, 0.3) is 11.4 Å². The fraction of sp³-hybridized carbons (Fsp3) is 0.591. The number of likely N-dealkylation sites (tertiary alicyclic amines) is 1. The van der Waals surface area contributed by atoms with E-state index in [0.29, 0.717) is 18.3 Å². The molecule has 6 nitrogen and oxygen atoms in total. The maximum Gasteiger partial charge on any atom is 0.241 e. The van der Waals surface area contributed by atoms with Gasteiger partial charge in [-0.05, 0) is 38.3 Å². The fourth-order valence-electron chi connectivity index (χ4n) is 3.76. The first-order valence-corrected chi connectivity index (χ1v) is 10.6. The molecule has 6 heteroatoms. The minimum Gasteiger partial charge on any atom is -0.356 e. The summed E-state index contributed by atoms with van der Waals surface area (Å²) >= 11 is 0. The van der Waals surface area contributed by atoms with E-state index >= 15 is 0 Å². The Morgan fingerprint density at radius 3 is 2.96 bits per heavy atom. The number of carbonyl (C=O) groups is 1. The van der Waals surface area contributed by atoms with E-state index < -0.39 is 0 Å². The van der Waals surface area contributed by atoms with Crippen LogP contribution in [0.4, 0.5) is 0 Å². The lowest BCUT2D eigenvalue weighted by molar-refractivity contribution is -0.126. The van der Waals surface area contributed by atoms with Crippen molar-refractivity contribution in [2.24, 2.45) is 5.92 Å². The molecule has 1 aromatic heterocycles. The summed E-state index contributed by atoms with van der Waals surface area (Å²) in [4.78, 5) is 19.3. The second-order valence-electron chi connectivity index (χ2n) is 7.75. The molecular formula is C22H32N4O2. The fourth-order valence-corrected chi connectivity index (χ4v) is 3.76. The average Bonchev–Trinajstić information content (AvgIpc) is 3.16. The van der Waals surface area contributed by atoms with Gasteiger partial charge in [-0.2, -0.15) is 4.98 Å². The highest BCUT2D eigenvalue weighted by Crippen LogP contribution is 2.22. The molecule has 28 heavy (non-hydrogen) atoms. The van der Waals surface area contributed by atoms with Crippen molar-refractivity contribution < 1.29 is 9.32 Å². The molecule has 0 spiro atoms. The van der Waals surface area contributed by atoms with Crippen LogP contribution < -0.4 is 5.32 Å². The zero-order chi connectivity index (χ0) is 19.8. The van der Waals surface area contributed by atoms with Gasteiger partial charge in [-0.3, -0.25) is 9.69 Å². The largest absolute Gasteiger partial charge is 0.356 e. The van der Waals surface area contributed by atoms with Crippen LogP contribution in [-0.2, 0) is 11.3 Å². The molecule has 2 heterocycles. The number of piperidine rings is 1. The van der Waals surface area contributed by atoms with Crippen molar-refractivity contribution in [1.29, 1.82) is 0 Å². The van der Waals surface area contributed by atoms with Gasteiger partial charge in [-0.1, -0.05) is 55.6 Å². The number of carbonyl (C=O) groups excluding carboxylic acids is 1.